The van der Waals surface area contributed by atoms with Gasteiger partial charge < -0.3 is 11.1 Å². The number of rotatable bonds is 4. The molecule has 1 atom stereocenters. The van der Waals surface area contributed by atoms with Gasteiger partial charge in [-0.1, -0.05) is 30.7 Å². The predicted octanol–water partition coefficient (Wildman–Crippen LogP) is 2.67. The first-order chi connectivity index (χ1) is 6.59. The fourth-order valence-electron chi connectivity index (χ4n) is 0.939. The molecule has 0 spiro atoms. The third-order valence-electron chi connectivity index (χ3n) is 1.94. The van der Waals surface area contributed by atoms with Gasteiger partial charge in [0.25, 0.3) is 0 Å². The molecular formula is C10H13ClN2S. The van der Waals surface area contributed by atoms with Crippen LogP contribution in [0.5, 0.6) is 0 Å². The quantitative estimate of drug-likeness (QED) is 0.779. The summed E-state index contributed by atoms with van der Waals surface area (Å²) >= 11 is 10.6. The fourth-order valence-corrected chi connectivity index (χ4v) is 1.15. The highest BCUT2D eigenvalue weighted by atomic mass is 35.5. The average molecular weight is 229 g/mol. The highest BCUT2D eigenvalue weighted by molar-refractivity contribution is 7.80. The molecule has 0 aliphatic carbocycles. The Hall–Kier alpha value is -0.800. The second-order valence-electron chi connectivity index (χ2n) is 3.19. The molecule has 0 heterocycles. The van der Waals surface area contributed by atoms with E-state index >= 15 is 0 Å². The molecule has 0 fully saturated rings. The monoisotopic (exact) mass is 228 g/mol. The molecule has 14 heavy (non-hydrogen) atoms. The third kappa shape index (κ3) is 3.52. The largest absolute Gasteiger partial charge is 0.393 e. The Morgan fingerprint density at radius 1 is 1.50 bits per heavy atom. The van der Waals surface area contributed by atoms with Gasteiger partial charge in [-0.15, -0.1) is 0 Å². The van der Waals surface area contributed by atoms with Gasteiger partial charge >= 0.3 is 0 Å². The Morgan fingerprint density at radius 3 is 2.57 bits per heavy atom. The molecule has 1 aromatic carbocycles. The van der Waals surface area contributed by atoms with Gasteiger partial charge in [0.15, 0.2) is 0 Å². The van der Waals surface area contributed by atoms with Crippen LogP contribution < -0.4 is 11.1 Å². The molecule has 2 nitrogen and oxygen atoms in total. The van der Waals surface area contributed by atoms with Crippen LogP contribution in [-0.4, -0.2) is 11.5 Å². The van der Waals surface area contributed by atoms with Crippen LogP contribution in [0.25, 0.3) is 0 Å². The maximum absolute atomic E-state index is 5.76. The minimum absolute atomic E-state index is 0.195. The van der Waals surface area contributed by atoms with Crippen molar-refractivity contribution in [2.75, 3.05) is 11.9 Å². The van der Waals surface area contributed by atoms with E-state index in [-0.39, 0.29) is 5.92 Å². The minimum Gasteiger partial charge on any atom is -0.393 e. The molecule has 76 valence electrons. The molecule has 0 aliphatic heterocycles. The standard InChI is InChI=1S/C10H13ClN2S/c1-7(10(12)14)6-13-9-4-2-8(11)3-5-9/h2-5,7,13H,6H2,1H3,(H2,12,14). The highest BCUT2D eigenvalue weighted by Gasteiger charge is 2.03. The summed E-state index contributed by atoms with van der Waals surface area (Å²) in [4.78, 5) is 0.534. The second-order valence-corrected chi connectivity index (χ2v) is 4.10. The predicted molar refractivity (Wildman–Crippen MR) is 65.9 cm³/mol. The Kier molecular flexibility index (Phi) is 4.17. The third-order valence-corrected chi connectivity index (χ3v) is 2.60. The van der Waals surface area contributed by atoms with Gasteiger partial charge in [0.2, 0.25) is 0 Å². The first-order valence-corrected chi connectivity index (χ1v) is 5.17. The molecule has 0 saturated heterocycles. The van der Waals surface area contributed by atoms with Crippen LogP contribution >= 0.6 is 23.8 Å². The molecular weight excluding hydrogens is 216 g/mol. The van der Waals surface area contributed by atoms with Gasteiger partial charge in [-0.2, -0.15) is 0 Å². The number of benzene rings is 1. The second kappa shape index (κ2) is 5.17. The van der Waals surface area contributed by atoms with E-state index in [9.17, 15) is 0 Å². The molecule has 4 heteroatoms. The van der Waals surface area contributed by atoms with E-state index < -0.39 is 0 Å². The van der Waals surface area contributed by atoms with Gasteiger partial charge in [0.1, 0.15) is 0 Å². The van der Waals surface area contributed by atoms with Gasteiger partial charge in [-0.05, 0) is 24.3 Å². The molecule has 0 radical (unpaired) electrons. The zero-order valence-corrected chi connectivity index (χ0v) is 9.53. The normalized spacial score (nSPS) is 12.1. The van der Waals surface area contributed by atoms with Crippen LogP contribution in [0.1, 0.15) is 6.92 Å². The lowest BCUT2D eigenvalue weighted by Gasteiger charge is -2.11. The number of nitrogens with one attached hydrogen (secondary N) is 1. The number of halogens is 1. The summed E-state index contributed by atoms with van der Waals surface area (Å²) in [6.07, 6.45) is 0. The van der Waals surface area contributed by atoms with Crippen LogP contribution in [0.15, 0.2) is 24.3 Å². The minimum atomic E-state index is 0.195. The summed E-state index contributed by atoms with van der Waals surface area (Å²) in [6.45, 7) is 2.74. The average Bonchev–Trinajstić information content (AvgIpc) is 2.16. The van der Waals surface area contributed by atoms with Crippen molar-refractivity contribution >= 4 is 34.5 Å². The zero-order valence-electron chi connectivity index (χ0n) is 7.96. The topological polar surface area (TPSA) is 38.0 Å². The Balaban J connectivity index is 2.46. The zero-order chi connectivity index (χ0) is 10.6. The Labute approximate surface area is 94.4 Å². The number of hydrogen-bond acceptors (Lipinski definition) is 2. The lowest BCUT2D eigenvalue weighted by atomic mass is 10.2. The molecule has 0 saturated carbocycles. The summed E-state index contributed by atoms with van der Waals surface area (Å²) < 4.78 is 0. The van der Waals surface area contributed by atoms with Crippen molar-refractivity contribution in [2.24, 2.45) is 11.7 Å². The van der Waals surface area contributed by atoms with E-state index in [0.717, 1.165) is 17.3 Å². The first-order valence-electron chi connectivity index (χ1n) is 4.38. The number of thiocarbonyl (C=S) groups is 1. The lowest BCUT2D eigenvalue weighted by Crippen LogP contribution is -2.25. The van der Waals surface area contributed by atoms with Crippen LogP contribution in [0.2, 0.25) is 5.02 Å². The SMILES string of the molecule is CC(CNc1ccc(Cl)cc1)C(N)=S. The molecule has 0 bridgehead atoms. The summed E-state index contributed by atoms with van der Waals surface area (Å²) in [7, 11) is 0. The van der Waals surface area contributed by atoms with Gasteiger partial charge in [0.05, 0.1) is 4.99 Å². The summed E-state index contributed by atoms with van der Waals surface area (Å²) in [5.41, 5.74) is 6.52. The maximum atomic E-state index is 5.76. The Morgan fingerprint density at radius 2 is 2.07 bits per heavy atom. The van der Waals surface area contributed by atoms with E-state index in [1.54, 1.807) is 0 Å². The van der Waals surface area contributed by atoms with Crippen molar-refractivity contribution < 1.29 is 0 Å². The van der Waals surface area contributed by atoms with E-state index in [0.29, 0.717) is 4.99 Å². The number of hydrogen-bond donors (Lipinski definition) is 2. The fraction of sp³-hybridized carbons (Fsp3) is 0.300. The summed E-state index contributed by atoms with van der Waals surface area (Å²) in [6, 6.07) is 7.54. The van der Waals surface area contributed by atoms with Gasteiger partial charge in [0, 0.05) is 23.2 Å². The molecule has 3 N–H and O–H groups in total. The van der Waals surface area contributed by atoms with Gasteiger partial charge in [-0.25, -0.2) is 0 Å². The van der Waals surface area contributed by atoms with Crippen LogP contribution in [-0.2, 0) is 0 Å². The van der Waals surface area contributed by atoms with Crippen molar-refractivity contribution in [3.63, 3.8) is 0 Å². The molecule has 1 unspecified atom stereocenters. The summed E-state index contributed by atoms with van der Waals surface area (Å²) in [5, 5.41) is 3.96. The van der Waals surface area contributed by atoms with Crippen molar-refractivity contribution in [2.45, 2.75) is 6.92 Å². The van der Waals surface area contributed by atoms with Crippen molar-refractivity contribution in [1.29, 1.82) is 0 Å². The lowest BCUT2D eigenvalue weighted by molar-refractivity contribution is 0.821. The maximum Gasteiger partial charge on any atom is 0.0773 e. The van der Waals surface area contributed by atoms with E-state index in [1.165, 1.54) is 0 Å². The molecule has 0 aliphatic rings. The number of nitrogens with two attached hydrogens (primary N) is 1. The van der Waals surface area contributed by atoms with Crippen LogP contribution in [0.4, 0.5) is 5.69 Å². The highest BCUT2D eigenvalue weighted by Crippen LogP contribution is 2.13. The van der Waals surface area contributed by atoms with E-state index in [1.807, 2.05) is 31.2 Å². The van der Waals surface area contributed by atoms with E-state index in [2.05, 4.69) is 5.32 Å². The number of anilines is 1. The van der Waals surface area contributed by atoms with Crippen LogP contribution in [0, 0.1) is 5.92 Å². The molecule has 1 aromatic rings. The van der Waals surface area contributed by atoms with Gasteiger partial charge in [-0.3, -0.25) is 0 Å². The first kappa shape index (κ1) is 11.3. The van der Waals surface area contributed by atoms with Crippen molar-refractivity contribution in [1.82, 2.24) is 0 Å². The van der Waals surface area contributed by atoms with Crippen molar-refractivity contribution in [3.8, 4) is 0 Å². The Bertz CT molecular complexity index is 310. The van der Waals surface area contributed by atoms with Crippen molar-refractivity contribution in [3.05, 3.63) is 29.3 Å². The van der Waals surface area contributed by atoms with Crippen LogP contribution in [0.3, 0.4) is 0 Å². The molecule has 1 rings (SSSR count). The van der Waals surface area contributed by atoms with E-state index in [4.69, 9.17) is 29.6 Å². The summed E-state index contributed by atoms with van der Waals surface area (Å²) in [5.74, 6) is 0.195. The molecule has 0 aromatic heterocycles. The smallest absolute Gasteiger partial charge is 0.0773 e. The molecule has 0 amide bonds.